The summed E-state index contributed by atoms with van der Waals surface area (Å²) < 4.78 is 0. The summed E-state index contributed by atoms with van der Waals surface area (Å²) in [5, 5.41) is 3.27. The molecule has 1 amide bonds. The van der Waals surface area contributed by atoms with Gasteiger partial charge >= 0.3 is 0 Å². The third-order valence-corrected chi connectivity index (χ3v) is 2.94. The van der Waals surface area contributed by atoms with E-state index in [1.807, 2.05) is 0 Å². The Labute approximate surface area is 86.4 Å². The largest absolute Gasteiger partial charge is 0.368 e. The van der Waals surface area contributed by atoms with Crippen molar-refractivity contribution in [3.63, 3.8) is 0 Å². The molecule has 0 aromatic rings. The summed E-state index contributed by atoms with van der Waals surface area (Å²) in [6.45, 7) is 4.11. The van der Waals surface area contributed by atoms with Crippen LogP contribution >= 0.6 is 0 Å². The summed E-state index contributed by atoms with van der Waals surface area (Å²) in [5.41, 5.74) is 5.41. The molecule has 0 radical (unpaired) electrons. The van der Waals surface area contributed by atoms with Crippen molar-refractivity contribution < 1.29 is 4.79 Å². The van der Waals surface area contributed by atoms with Crippen LogP contribution in [0.15, 0.2) is 0 Å². The van der Waals surface area contributed by atoms with Gasteiger partial charge in [-0.05, 0) is 18.8 Å². The molecule has 0 aromatic heterocycles. The quantitative estimate of drug-likeness (QED) is 0.717. The van der Waals surface area contributed by atoms with Gasteiger partial charge in [-0.1, -0.05) is 33.1 Å². The van der Waals surface area contributed by atoms with Crippen molar-refractivity contribution in [3.05, 3.63) is 0 Å². The van der Waals surface area contributed by atoms with E-state index in [9.17, 15) is 4.79 Å². The van der Waals surface area contributed by atoms with Crippen molar-refractivity contribution in [2.75, 3.05) is 0 Å². The fraction of sp³-hybridized carbons (Fsp3) is 0.909. The SMILES string of the molecule is CC(C)N[C@H](C(N)=O)C1CCCCC1. The maximum Gasteiger partial charge on any atom is 0.234 e. The zero-order valence-electron chi connectivity index (χ0n) is 9.25. The molecule has 0 aromatic carbocycles. The van der Waals surface area contributed by atoms with Crippen LogP contribution in [0.1, 0.15) is 46.0 Å². The van der Waals surface area contributed by atoms with Crippen LogP contribution < -0.4 is 11.1 Å². The van der Waals surface area contributed by atoms with Crippen LogP contribution in [-0.2, 0) is 4.79 Å². The van der Waals surface area contributed by atoms with Gasteiger partial charge in [0.2, 0.25) is 5.91 Å². The molecule has 0 unspecified atom stereocenters. The van der Waals surface area contributed by atoms with E-state index in [2.05, 4.69) is 19.2 Å². The van der Waals surface area contributed by atoms with Crippen LogP contribution in [0.5, 0.6) is 0 Å². The normalized spacial score (nSPS) is 21.1. The van der Waals surface area contributed by atoms with E-state index < -0.39 is 0 Å². The molecule has 3 heteroatoms. The van der Waals surface area contributed by atoms with Gasteiger partial charge in [0.15, 0.2) is 0 Å². The lowest BCUT2D eigenvalue weighted by atomic mass is 9.83. The fourth-order valence-electron chi connectivity index (χ4n) is 2.28. The Morgan fingerprint density at radius 1 is 1.29 bits per heavy atom. The first-order valence-electron chi connectivity index (χ1n) is 5.66. The maximum atomic E-state index is 11.3. The number of carbonyl (C=O) groups is 1. The first kappa shape index (κ1) is 11.5. The second kappa shape index (κ2) is 5.35. The highest BCUT2D eigenvalue weighted by Gasteiger charge is 2.27. The Morgan fingerprint density at radius 2 is 1.86 bits per heavy atom. The number of carbonyl (C=O) groups excluding carboxylic acids is 1. The fourth-order valence-corrected chi connectivity index (χ4v) is 2.28. The standard InChI is InChI=1S/C11H22N2O/c1-8(2)13-10(11(12)14)9-6-4-3-5-7-9/h8-10,13H,3-7H2,1-2H3,(H2,12,14)/t10-/m0/s1. The lowest BCUT2D eigenvalue weighted by molar-refractivity contribution is -0.121. The molecule has 1 aliphatic carbocycles. The monoisotopic (exact) mass is 198 g/mol. The van der Waals surface area contributed by atoms with Crippen LogP contribution in [0.3, 0.4) is 0 Å². The van der Waals surface area contributed by atoms with Gasteiger partial charge in [-0.2, -0.15) is 0 Å². The Kier molecular flexibility index (Phi) is 4.39. The molecule has 3 N–H and O–H groups in total. The van der Waals surface area contributed by atoms with Crippen molar-refractivity contribution in [2.45, 2.75) is 58.0 Å². The van der Waals surface area contributed by atoms with Gasteiger partial charge in [0.05, 0.1) is 6.04 Å². The molecule has 0 aliphatic heterocycles. The Balaban J connectivity index is 2.51. The average molecular weight is 198 g/mol. The van der Waals surface area contributed by atoms with Crippen LogP contribution in [-0.4, -0.2) is 18.0 Å². The molecule has 1 saturated carbocycles. The second-order valence-corrected chi connectivity index (χ2v) is 4.60. The van der Waals surface area contributed by atoms with Crippen molar-refractivity contribution in [2.24, 2.45) is 11.7 Å². The Hall–Kier alpha value is -0.570. The topological polar surface area (TPSA) is 55.1 Å². The van der Waals surface area contributed by atoms with Gasteiger partial charge < -0.3 is 11.1 Å². The van der Waals surface area contributed by atoms with Gasteiger partial charge in [0.1, 0.15) is 0 Å². The van der Waals surface area contributed by atoms with Crippen LogP contribution in [0, 0.1) is 5.92 Å². The summed E-state index contributed by atoms with van der Waals surface area (Å²) in [5.74, 6) is 0.272. The molecule has 3 nitrogen and oxygen atoms in total. The molecule has 1 rings (SSSR count). The van der Waals surface area contributed by atoms with E-state index in [0.29, 0.717) is 12.0 Å². The number of hydrogen-bond acceptors (Lipinski definition) is 2. The van der Waals surface area contributed by atoms with Gasteiger partial charge in [0.25, 0.3) is 0 Å². The minimum atomic E-state index is -0.189. The van der Waals surface area contributed by atoms with Crippen molar-refractivity contribution in [1.29, 1.82) is 0 Å². The summed E-state index contributed by atoms with van der Waals surface area (Å²) in [7, 11) is 0. The third kappa shape index (κ3) is 3.29. The summed E-state index contributed by atoms with van der Waals surface area (Å²) in [6, 6.07) is 0.213. The van der Waals surface area contributed by atoms with Crippen LogP contribution in [0.25, 0.3) is 0 Å². The smallest absolute Gasteiger partial charge is 0.234 e. The highest BCUT2D eigenvalue weighted by Crippen LogP contribution is 2.26. The predicted octanol–water partition coefficient (Wildman–Crippen LogP) is 1.42. The first-order chi connectivity index (χ1) is 6.61. The van der Waals surface area contributed by atoms with E-state index in [0.717, 1.165) is 12.8 Å². The molecule has 82 valence electrons. The number of rotatable bonds is 4. The number of amides is 1. The molecule has 14 heavy (non-hydrogen) atoms. The number of nitrogens with two attached hydrogens (primary N) is 1. The van der Waals surface area contributed by atoms with Gasteiger partial charge in [0, 0.05) is 6.04 Å². The van der Waals surface area contributed by atoms with Crippen LogP contribution in [0.4, 0.5) is 0 Å². The Bertz CT molecular complexity index is 186. The zero-order chi connectivity index (χ0) is 10.6. The van der Waals surface area contributed by atoms with E-state index in [1.54, 1.807) is 0 Å². The molecule has 1 atom stereocenters. The summed E-state index contributed by atoms with van der Waals surface area (Å²) in [6.07, 6.45) is 6.09. The third-order valence-electron chi connectivity index (χ3n) is 2.94. The number of primary amides is 1. The molecule has 1 aliphatic rings. The van der Waals surface area contributed by atoms with Gasteiger partial charge in [-0.15, -0.1) is 0 Å². The van der Waals surface area contributed by atoms with Crippen molar-refractivity contribution in [3.8, 4) is 0 Å². The molecule has 0 spiro atoms. The van der Waals surface area contributed by atoms with E-state index in [4.69, 9.17) is 5.73 Å². The van der Waals surface area contributed by atoms with E-state index in [-0.39, 0.29) is 11.9 Å². The van der Waals surface area contributed by atoms with E-state index in [1.165, 1.54) is 19.3 Å². The first-order valence-corrected chi connectivity index (χ1v) is 5.66. The average Bonchev–Trinajstić information content (AvgIpc) is 2.15. The second-order valence-electron chi connectivity index (χ2n) is 4.60. The lowest BCUT2D eigenvalue weighted by Crippen LogP contribution is -2.49. The minimum absolute atomic E-state index is 0.115. The van der Waals surface area contributed by atoms with E-state index >= 15 is 0 Å². The molecule has 0 saturated heterocycles. The number of nitrogens with one attached hydrogen (secondary N) is 1. The maximum absolute atomic E-state index is 11.3. The number of hydrogen-bond donors (Lipinski definition) is 2. The van der Waals surface area contributed by atoms with Crippen molar-refractivity contribution in [1.82, 2.24) is 5.32 Å². The van der Waals surface area contributed by atoms with Crippen molar-refractivity contribution >= 4 is 5.91 Å². The molecular formula is C11H22N2O. The summed E-state index contributed by atoms with van der Waals surface area (Å²) in [4.78, 5) is 11.3. The van der Waals surface area contributed by atoms with Crippen LogP contribution in [0.2, 0.25) is 0 Å². The Morgan fingerprint density at radius 3 is 2.29 bits per heavy atom. The highest BCUT2D eigenvalue weighted by atomic mass is 16.1. The predicted molar refractivity (Wildman–Crippen MR) is 57.8 cm³/mol. The lowest BCUT2D eigenvalue weighted by Gasteiger charge is -2.30. The summed E-state index contributed by atoms with van der Waals surface area (Å²) >= 11 is 0. The van der Waals surface area contributed by atoms with Gasteiger partial charge in [-0.3, -0.25) is 4.79 Å². The van der Waals surface area contributed by atoms with Gasteiger partial charge in [-0.25, -0.2) is 0 Å². The molecule has 0 heterocycles. The molecule has 0 bridgehead atoms. The zero-order valence-corrected chi connectivity index (χ0v) is 9.25. The minimum Gasteiger partial charge on any atom is -0.368 e. The molecular weight excluding hydrogens is 176 g/mol. The molecule has 1 fully saturated rings. The highest BCUT2D eigenvalue weighted by molar-refractivity contribution is 5.80.